The maximum absolute atomic E-state index is 11.8. The minimum Gasteiger partial charge on any atom is -0.335 e. The Labute approximate surface area is 95.7 Å². The molecule has 1 heterocycles. The summed E-state index contributed by atoms with van der Waals surface area (Å²) in [4.78, 5) is 17.8. The van der Waals surface area contributed by atoms with Crippen LogP contribution in [0.5, 0.6) is 0 Å². The molecule has 0 radical (unpaired) electrons. The Hall–Kier alpha value is -1.58. The Morgan fingerprint density at radius 2 is 2.38 bits per heavy atom. The summed E-state index contributed by atoms with van der Waals surface area (Å²) < 4.78 is 0. The lowest BCUT2D eigenvalue weighted by Crippen LogP contribution is -2.40. The number of urea groups is 1. The molecule has 2 amide bonds. The van der Waals surface area contributed by atoms with E-state index in [-0.39, 0.29) is 6.03 Å². The van der Waals surface area contributed by atoms with Crippen LogP contribution < -0.4 is 5.32 Å². The summed E-state index contributed by atoms with van der Waals surface area (Å²) in [6.45, 7) is 3.26. The number of hydrogen-bond acceptors (Lipinski definition) is 2. The molecule has 0 aliphatic heterocycles. The van der Waals surface area contributed by atoms with Crippen molar-refractivity contribution < 1.29 is 4.79 Å². The first-order valence-corrected chi connectivity index (χ1v) is 5.75. The van der Waals surface area contributed by atoms with Crippen molar-refractivity contribution in [1.29, 1.82) is 0 Å². The number of aromatic nitrogens is 1. The summed E-state index contributed by atoms with van der Waals surface area (Å²) in [5.41, 5.74) is 0.926. The van der Waals surface area contributed by atoms with Crippen molar-refractivity contribution in [1.82, 2.24) is 15.2 Å². The van der Waals surface area contributed by atoms with E-state index < -0.39 is 0 Å². The highest BCUT2D eigenvalue weighted by molar-refractivity contribution is 5.74. The zero-order valence-electron chi connectivity index (χ0n) is 9.52. The van der Waals surface area contributed by atoms with Crippen molar-refractivity contribution in [3.63, 3.8) is 0 Å². The molecule has 0 atom stereocenters. The number of carbonyl (C=O) groups is 1. The van der Waals surface area contributed by atoms with Crippen molar-refractivity contribution >= 4 is 6.03 Å². The number of pyridine rings is 1. The van der Waals surface area contributed by atoms with Crippen LogP contribution in [0.15, 0.2) is 24.4 Å². The van der Waals surface area contributed by atoms with Crippen LogP contribution in [0.3, 0.4) is 0 Å². The number of carbonyl (C=O) groups excluding carboxylic acids is 1. The third-order valence-electron chi connectivity index (χ3n) is 2.65. The normalized spacial score (nSPS) is 14.6. The summed E-state index contributed by atoms with van der Waals surface area (Å²) in [7, 11) is 0. The smallest absolute Gasteiger partial charge is 0.317 e. The van der Waals surface area contributed by atoms with Gasteiger partial charge in [-0.1, -0.05) is 6.07 Å². The second kappa shape index (κ2) is 4.96. The molecular weight excluding hydrogens is 202 g/mol. The summed E-state index contributed by atoms with van der Waals surface area (Å²) >= 11 is 0. The molecule has 16 heavy (non-hydrogen) atoms. The van der Waals surface area contributed by atoms with E-state index in [1.165, 1.54) is 0 Å². The van der Waals surface area contributed by atoms with Gasteiger partial charge in [-0.2, -0.15) is 0 Å². The van der Waals surface area contributed by atoms with E-state index in [1.807, 2.05) is 25.1 Å². The first kappa shape index (κ1) is 10.9. The van der Waals surface area contributed by atoms with Gasteiger partial charge in [-0.3, -0.25) is 4.98 Å². The summed E-state index contributed by atoms with van der Waals surface area (Å²) in [5, 5.41) is 2.98. The van der Waals surface area contributed by atoms with E-state index in [2.05, 4.69) is 10.3 Å². The van der Waals surface area contributed by atoms with Crippen LogP contribution in [0.4, 0.5) is 4.79 Å². The average Bonchev–Trinajstić information content (AvgIpc) is 3.11. The Bertz CT molecular complexity index is 349. The molecule has 0 saturated heterocycles. The van der Waals surface area contributed by atoms with Gasteiger partial charge in [0.1, 0.15) is 0 Å². The van der Waals surface area contributed by atoms with Crippen molar-refractivity contribution in [3.8, 4) is 0 Å². The van der Waals surface area contributed by atoms with E-state index in [0.717, 1.165) is 18.5 Å². The standard InChI is InChI=1S/C12H17N3O/c1-2-15(12(16)14-10-6-7-10)9-11-5-3-4-8-13-11/h3-5,8,10H,2,6-7,9H2,1H3,(H,14,16). The van der Waals surface area contributed by atoms with Gasteiger partial charge < -0.3 is 10.2 Å². The quantitative estimate of drug-likeness (QED) is 0.839. The SMILES string of the molecule is CCN(Cc1ccccn1)C(=O)NC1CC1. The van der Waals surface area contributed by atoms with Crippen molar-refractivity contribution in [3.05, 3.63) is 30.1 Å². The number of rotatable bonds is 4. The number of nitrogens with zero attached hydrogens (tertiary/aromatic N) is 2. The Morgan fingerprint density at radius 3 is 2.94 bits per heavy atom. The Kier molecular flexibility index (Phi) is 3.39. The topological polar surface area (TPSA) is 45.2 Å². The molecule has 1 aliphatic carbocycles. The highest BCUT2D eigenvalue weighted by atomic mass is 16.2. The fraction of sp³-hybridized carbons (Fsp3) is 0.500. The molecule has 1 saturated carbocycles. The molecule has 86 valence electrons. The third-order valence-corrected chi connectivity index (χ3v) is 2.65. The van der Waals surface area contributed by atoms with Gasteiger partial charge in [-0.15, -0.1) is 0 Å². The first-order valence-electron chi connectivity index (χ1n) is 5.75. The van der Waals surface area contributed by atoms with Crippen LogP contribution in [0.1, 0.15) is 25.5 Å². The molecule has 2 rings (SSSR count). The van der Waals surface area contributed by atoms with E-state index in [0.29, 0.717) is 19.1 Å². The number of hydrogen-bond donors (Lipinski definition) is 1. The summed E-state index contributed by atoms with van der Waals surface area (Å²) in [6, 6.07) is 6.19. The molecule has 4 heteroatoms. The fourth-order valence-corrected chi connectivity index (χ4v) is 1.51. The maximum Gasteiger partial charge on any atom is 0.317 e. The van der Waals surface area contributed by atoms with Gasteiger partial charge in [0, 0.05) is 18.8 Å². The zero-order valence-corrected chi connectivity index (χ0v) is 9.52. The third kappa shape index (κ3) is 2.95. The monoisotopic (exact) mass is 219 g/mol. The molecule has 0 unspecified atom stereocenters. The Balaban J connectivity index is 1.91. The second-order valence-electron chi connectivity index (χ2n) is 4.06. The second-order valence-corrected chi connectivity index (χ2v) is 4.06. The molecule has 0 bridgehead atoms. The van der Waals surface area contributed by atoms with Gasteiger partial charge in [0.2, 0.25) is 0 Å². The number of amides is 2. The molecular formula is C12H17N3O. The van der Waals surface area contributed by atoms with Gasteiger partial charge in [0.25, 0.3) is 0 Å². The minimum atomic E-state index is 0.0238. The lowest BCUT2D eigenvalue weighted by atomic mass is 10.3. The lowest BCUT2D eigenvalue weighted by molar-refractivity contribution is 0.197. The van der Waals surface area contributed by atoms with Gasteiger partial charge in [-0.25, -0.2) is 4.79 Å². The van der Waals surface area contributed by atoms with Gasteiger partial charge in [0.05, 0.1) is 12.2 Å². The van der Waals surface area contributed by atoms with Crippen LogP contribution in [-0.4, -0.2) is 28.5 Å². The van der Waals surface area contributed by atoms with Crippen LogP contribution in [-0.2, 0) is 6.54 Å². The molecule has 1 N–H and O–H groups in total. The molecule has 0 aromatic carbocycles. The lowest BCUT2D eigenvalue weighted by Gasteiger charge is -2.20. The highest BCUT2D eigenvalue weighted by Crippen LogP contribution is 2.19. The first-order chi connectivity index (χ1) is 7.79. The molecule has 0 spiro atoms. The van der Waals surface area contributed by atoms with E-state index in [1.54, 1.807) is 11.1 Å². The molecule has 1 aromatic rings. The Morgan fingerprint density at radius 1 is 1.56 bits per heavy atom. The predicted molar refractivity (Wildman–Crippen MR) is 61.9 cm³/mol. The van der Waals surface area contributed by atoms with Gasteiger partial charge in [-0.05, 0) is 31.9 Å². The molecule has 1 aromatic heterocycles. The van der Waals surface area contributed by atoms with E-state index >= 15 is 0 Å². The largest absolute Gasteiger partial charge is 0.335 e. The summed E-state index contributed by atoms with van der Waals surface area (Å²) in [5.74, 6) is 0. The summed E-state index contributed by atoms with van der Waals surface area (Å²) in [6.07, 6.45) is 3.99. The highest BCUT2D eigenvalue weighted by Gasteiger charge is 2.25. The average molecular weight is 219 g/mol. The van der Waals surface area contributed by atoms with Crippen molar-refractivity contribution in [2.45, 2.75) is 32.4 Å². The zero-order chi connectivity index (χ0) is 11.4. The van der Waals surface area contributed by atoms with Crippen LogP contribution in [0.2, 0.25) is 0 Å². The van der Waals surface area contributed by atoms with Crippen LogP contribution in [0.25, 0.3) is 0 Å². The fourth-order valence-electron chi connectivity index (χ4n) is 1.51. The molecule has 1 fully saturated rings. The van der Waals surface area contributed by atoms with Gasteiger partial charge in [0.15, 0.2) is 0 Å². The minimum absolute atomic E-state index is 0.0238. The van der Waals surface area contributed by atoms with Crippen molar-refractivity contribution in [2.75, 3.05) is 6.54 Å². The molecule has 4 nitrogen and oxygen atoms in total. The molecule has 1 aliphatic rings. The number of nitrogens with one attached hydrogen (secondary N) is 1. The predicted octanol–water partition coefficient (Wildman–Crippen LogP) is 1.78. The van der Waals surface area contributed by atoms with Crippen molar-refractivity contribution in [2.24, 2.45) is 0 Å². The van der Waals surface area contributed by atoms with E-state index in [4.69, 9.17) is 0 Å². The van der Waals surface area contributed by atoms with Crippen LogP contribution >= 0.6 is 0 Å². The van der Waals surface area contributed by atoms with Crippen LogP contribution in [0, 0.1) is 0 Å². The maximum atomic E-state index is 11.8. The van der Waals surface area contributed by atoms with E-state index in [9.17, 15) is 4.79 Å². The van der Waals surface area contributed by atoms with Gasteiger partial charge >= 0.3 is 6.03 Å².